The van der Waals surface area contributed by atoms with Gasteiger partial charge in [0.1, 0.15) is 5.82 Å². The summed E-state index contributed by atoms with van der Waals surface area (Å²) in [7, 11) is 1.86. The zero-order chi connectivity index (χ0) is 14.4. The quantitative estimate of drug-likeness (QED) is 0.920. The van der Waals surface area contributed by atoms with Crippen molar-refractivity contribution >= 4 is 22.5 Å². The van der Waals surface area contributed by atoms with Crippen LogP contribution in [-0.4, -0.2) is 35.4 Å². The summed E-state index contributed by atoms with van der Waals surface area (Å²) in [5, 5.41) is 5.10. The number of nitrogens with one attached hydrogen (secondary N) is 1. The van der Waals surface area contributed by atoms with Crippen LogP contribution in [0.25, 0.3) is 10.8 Å². The van der Waals surface area contributed by atoms with Gasteiger partial charge in [0, 0.05) is 31.2 Å². The predicted octanol–water partition coefficient (Wildman–Crippen LogP) is 2.90. The fraction of sp³-hybridized carbons (Fsp3) is 0.412. The molecule has 1 N–H and O–H groups in total. The molecule has 108 valence electrons. The van der Waals surface area contributed by atoms with Crippen molar-refractivity contribution in [1.82, 2.24) is 9.88 Å². The van der Waals surface area contributed by atoms with Gasteiger partial charge in [-0.15, -0.1) is 0 Å². The fourth-order valence-electron chi connectivity index (χ4n) is 3.89. The highest BCUT2D eigenvalue weighted by Gasteiger charge is 2.40. The number of amides is 1. The highest BCUT2D eigenvalue weighted by molar-refractivity contribution is 6.09. The molecule has 1 saturated heterocycles. The van der Waals surface area contributed by atoms with E-state index in [0.29, 0.717) is 6.04 Å². The summed E-state index contributed by atoms with van der Waals surface area (Å²) < 4.78 is 0. The van der Waals surface area contributed by atoms with Crippen molar-refractivity contribution in [3.63, 3.8) is 0 Å². The minimum absolute atomic E-state index is 0.147. The Hall–Kier alpha value is -2.10. The molecule has 2 unspecified atom stereocenters. The van der Waals surface area contributed by atoms with E-state index in [1.807, 2.05) is 31.3 Å². The SMILES string of the molecule is CNc1ncc(C(=O)N2CC3CCC2C3)c2ccccc12. The number of fused-ring (bicyclic) bond motifs is 3. The lowest BCUT2D eigenvalue weighted by Crippen LogP contribution is -2.37. The first kappa shape index (κ1) is 12.6. The number of piperidine rings is 1. The van der Waals surface area contributed by atoms with Crippen molar-refractivity contribution in [2.45, 2.75) is 25.3 Å². The van der Waals surface area contributed by atoms with Crippen molar-refractivity contribution in [2.75, 3.05) is 18.9 Å². The van der Waals surface area contributed by atoms with Gasteiger partial charge in [-0.3, -0.25) is 4.79 Å². The van der Waals surface area contributed by atoms with Crippen LogP contribution >= 0.6 is 0 Å². The van der Waals surface area contributed by atoms with Gasteiger partial charge in [0.15, 0.2) is 0 Å². The Labute approximate surface area is 124 Å². The first-order valence-electron chi connectivity index (χ1n) is 7.64. The van der Waals surface area contributed by atoms with E-state index in [1.165, 1.54) is 12.8 Å². The Morgan fingerprint density at radius 2 is 2.10 bits per heavy atom. The third-order valence-electron chi connectivity index (χ3n) is 4.93. The number of pyridine rings is 1. The van der Waals surface area contributed by atoms with E-state index < -0.39 is 0 Å². The van der Waals surface area contributed by atoms with Gasteiger partial charge in [0.25, 0.3) is 5.91 Å². The van der Waals surface area contributed by atoms with E-state index >= 15 is 0 Å². The van der Waals surface area contributed by atoms with Crippen molar-refractivity contribution in [3.8, 4) is 0 Å². The van der Waals surface area contributed by atoms with Gasteiger partial charge in [-0.2, -0.15) is 0 Å². The molecule has 1 aliphatic carbocycles. The molecule has 1 aromatic heterocycles. The van der Waals surface area contributed by atoms with E-state index in [1.54, 1.807) is 6.20 Å². The molecule has 2 atom stereocenters. The maximum atomic E-state index is 12.9. The van der Waals surface area contributed by atoms with Crippen LogP contribution in [0.2, 0.25) is 0 Å². The molecule has 21 heavy (non-hydrogen) atoms. The van der Waals surface area contributed by atoms with Gasteiger partial charge >= 0.3 is 0 Å². The molecule has 0 spiro atoms. The van der Waals surface area contributed by atoms with E-state index in [-0.39, 0.29) is 5.91 Å². The summed E-state index contributed by atoms with van der Waals surface area (Å²) >= 11 is 0. The van der Waals surface area contributed by atoms with Crippen LogP contribution in [0.1, 0.15) is 29.6 Å². The minimum atomic E-state index is 0.147. The summed E-state index contributed by atoms with van der Waals surface area (Å²) in [6, 6.07) is 8.44. The maximum Gasteiger partial charge on any atom is 0.256 e. The molecule has 4 rings (SSSR count). The molecule has 2 heterocycles. The van der Waals surface area contributed by atoms with Crippen LogP contribution in [-0.2, 0) is 0 Å². The average molecular weight is 281 g/mol. The van der Waals surface area contributed by atoms with Gasteiger partial charge in [-0.05, 0) is 30.6 Å². The standard InChI is InChI=1S/C17H19N3O/c1-18-16-14-5-3-2-4-13(14)15(9-19-16)17(21)20-10-11-6-7-12(20)8-11/h2-5,9,11-12H,6-8,10H2,1H3,(H,18,19). The van der Waals surface area contributed by atoms with Crippen LogP contribution in [0.5, 0.6) is 0 Å². The van der Waals surface area contributed by atoms with Gasteiger partial charge < -0.3 is 10.2 Å². The van der Waals surface area contributed by atoms with Crippen molar-refractivity contribution < 1.29 is 4.79 Å². The molecule has 1 aromatic carbocycles. The molecule has 0 radical (unpaired) electrons. The number of hydrogen-bond acceptors (Lipinski definition) is 3. The zero-order valence-electron chi connectivity index (χ0n) is 12.2. The highest BCUT2D eigenvalue weighted by atomic mass is 16.2. The smallest absolute Gasteiger partial charge is 0.256 e. The Balaban J connectivity index is 1.78. The number of nitrogens with zero attached hydrogens (tertiary/aromatic N) is 2. The second-order valence-electron chi connectivity index (χ2n) is 6.11. The molecule has 1 aliphatic heterocycles. The lowest BCUT2D eigenvalue weighted by molar-refractivity contribution is 0.0705. The molecule has 2 aromatic rings. The number of aromatic nitrogens is 1. The Morgan fingerprint density at radius 3 is 2.76 bits per heavy atom. The molecule has 1 saturated carbocycles. The van der Waals surface area contributed by atoms with Crippen LogP contribution in [0, 0.1) is 5.92 Å². The minimum Gasteiger partial charge on any atom is -0.373 e. The van der Waals surface area contributed by atoms with Crippen LogP contribution in [0.4, 0.5) is 5.82 Å². The van der Waals surface area contributed by atoms with E-state index in [2.05, 4.69) is 15.2 Å². The van der Waals surface area contributed by atoms with Gasteiger partial charge in [-0.1, -0.05) is 24.3 Å². The molecular formula is C17H19N3O. The normalized spacial score (nSPS) is 23.8. The van der Waals surface area contributed by atoms with E-state index in [0.717, 1.165) is 41.0 Å². The zero-order valence-corrected chi connectivity index (χ0v) is 12.2. The van der Waals surface area contributed by atoms with E-state index in [9.17, 15) is 4.79 Å². The molecule has 2 bridgehead atoms. The number of carbonyl (C=O) groups excluding carboxylic acids is 1. The monoisotopic (exact) mass is 281 g/mol. The van der Waals surface area contributed by atoms with Gasteiger partial charge in [0.2, 0.25) is 0 Å². The Kier molecular flexibility index (Phi) is 2.84. The van der Waals surface area contributed by atoms with Crippen molar-refractivity contribution in [3.05, 3.63) is 36.0 Å². The third-order valence-corrected chi connectivity index (χ3v) is 4.93. The van der Waals surface area contributed by atoms with Crippen molar-refractivity contribution in [1.29, 1.82) is 0 Å². The first-order valence-corrected chi connectivity index (χ1v) is 7.64. The predicted molar refractivity (Wildman–Crippen MR) is 83.5 cm³/mol. The second kappa shape index (κ2) is 4.72. The summed E-state index contributed by atoms with van der Waals surface area (Å²) in [6.07, 6.45) is 5.36. The highest BCUT2D eigenvalue weighted by Crippen LogP contribution is 2.38. The number of likely N-dealkylation sites (tertiary alicyclic amines) is 1. The number of carbonyl (C=O) groups is 1. The second-order valence-corrected chi connectivity index (χ2v) is 6.11. The summed E-state index contributed by atoms with van der Waals surface area (Å²) in [6.45, 7) is 0.922. The molecule has 1 amide bonds. The van der Waals surface area contributed by atoms with Crippen LogP contribution in [0.3, 0.4) is 0 Å². The van der Waals surface area contributed by atoms with E-state index in [4.69, 9.17) is 0 Å². The average Bonchev–Trinajstić information content (AvgIpc) is 3.16. The number of rotatable bonds is 2. The van der Waals surface area contributed by atoms with Crippen LogP contribution in [0.15, 0.2) is 30.5 Å². The number of anilines is 1. The van der Waals surface area contributed by atoms with Crippen molar-refractivity contribution in [2.24, 2.45) is 5.92 Å². The molecule has 4 heteroatoms. The molecule has 2 fully saturated rings. The maximum absolute atomic E-state index is 12.9. The lowest BCUT2D eigenvalue weighted by atomic mass is 10.0. The first-order chi connectivity index (χ1) is 10.3. The molecule has 2 aliphatic rings. The number of benzene rings is 1. The third kappa shape index (κ3) is 1.89. The van der Waals surface area contributed by atoms with Crippen LogP contribution < -0.4 is 5.32 Å². The van der Waals surface area contributed by atoms with Gasteiger partial charge in [-0.25, -0.2) is 4.98 Å². The molecule has 4 nitrogen and oxygen atoms in total. The Bertz CT molecular complexity index is 712. The summed E-state index contributed by atoms with van der Waals surface area (Å²) in [5.41, 5.74) is 0.733. The topological polar surface area (TPSA) is 45.2 Å². The number of hydrogen-bond donors (Lipinski definition) is 1. The van der Waals surface area contributed by atoms with Gasteiger partial charge in [0.05, 0.1) is 5.56 Å². The largest absolute Gasteiger partial charge is 0.373 e. The lowest BCUT2D eigenvalue weighted by Gasteiger charge is -2.27. The summed E-state index contributed by atoms with van der Waals surface area (Å²) in [4.78, 5) is 19.4. The molecular weight excluding hydrogens is 262 g/mol. The summed E-state index contributed by atoms with van der Waals surface area (Å²) in [5.74, 6) is 1.69. The fourth-order valence-corrected chi connectivity index (χ4v) is 3.89. The Morgan fingerprint density at radius 1 is 1.29 bits per heavy atom.